The SMILES string of the molecule is CN1CCC(CNc2nc(Cl)nc(Cl)n2)C1. The van der Waals surface area contributed by atoms with Crippen LogP contribution in [0.15, 0.2) is 0 Å². The molecular weight excluding hydrogens is 249 g/mol. The predicted molar refractivity (Wildman–Crippen MR) is 63.9 cm³/mol. The maximum Gasteiger partial charge on any atom is 0.228 e. The van der Waals surface area contributed by atoms with E-state index in [2.05, 4.69) is 32.2 Å². The second-order valence-corrected chi connectivity index (χ2v) is 4.67. The molecule has 0 radical (unpaired) electrons. The second kappa shape index (κ2) is 5.12. The number of halogens is 2. The monoisotopic (exact) mass is 261 g/mol. The number of nitrogens with zero attached hydrogens (tertiary/aromatic N) is 4. The van der Waals surface area contributed by atoms with Crippen LogP contribution in [-0.4, -0.2) is 46.5 Å². The molecule has 2 heterocycles. The molecule has 0 aliphatic carbocycles. The molecule has 0 bridgehead atoms. The van der Waals surface area contributed by atoms with Crippen LogP contribution in [0.2, 0.25) is 10.6 Å². The van der Waals surface area contributed by atoms with E-state index in [0.717, 1.165) is 19.6 Å². The van der Waals surface area contributed by atoms with Crippen molar-refractivity contribution in [2.24, 2.45) is 5.92 Å². The maximum absolute atomic E-state index is 5.67. The van der Waals surface area contributed by atoms with Gasteiger partial charge in [-0.05, 0) is 49.1 Å². The summed E-state index contributed by atoms with van der Waals surface area (Å²) in [5, 5.41) is 3.36. The number of hydrogen-bond donors (Lipinski definition) is 1. The highest BCUT2D eigenvalue weighted by atomic mass is 35.5. The van der Waals surface area contributed by atoms with Gasteiger partial charge in [0.2, 0.25) is 16.5 Å². The van der Waals surface area contributed by atoms with E-state index in [-0.39, 0.29) is 10.6 Å². The first-order valence-electron chi connectivity index (χ1n) is 5.13. The third-order valence-electron chi connectivity index (χ3n) is 2.62. The van der Waals surface area contributed by atoms with Gasteiger partial charge in [-0.1, -0.05) is 0 Å². The van der Waals surface area contributed by atoms with Crippen LogP contribution in [0.3, 0.4) is 0 Å². The molecule has 1 saturated heterocycles. The van der Waals surface area contributed by atoms with Crippen LogP contribution in [0, 0.1) is 5.92 Å². The number of anilines is 1. The molecule has 88 valence electrons. The van der Waals surface area contributed by atoms with Crippen molar-refractivity contribution in [1.82, 2.24) is 19.9 Å². The molecule has 0 aromatic carbocycles. The maximum atomic E-state index is 5.67. The average Bonchev–Trinajstić information content (AvgIpc) is 2.60. The van der Waals surface area contributed by atoms with Crippen molar-refractivity contribution in [3.8, 4) is 0 Å². The largest absolute Gasteiger partial charge is 0.354 e. The van der Waals surface area contributed by atoms with E-state index in [1.54, 1.807) is 0 Å². The minimum absolute atomic E-state index is 0.117. The van der Waals surface area contributed by atoms with Gasteiger partial charge in [-0.15, -0.1) is 0 Å². The van der Waals surface area contributed by atoms with Gasteiger partial charge in [0.05, 0.1) is 0 Å². The minimum atomic E-state index is 0.117. The lowest BCUT2D eigenvalue weighted by Crippen LogP contribution is -2.20. The van der Waals surface area contributed by atoms with Crippen molar-refractivity contribution in [1.29, 1.82) is 0 Å². The molecule has 0 amide bonds. The van der Waals surface area contributed by atoms with E-state index in [0.29, 0.717) is 11.9 Å². The Hall–Kier alpha value is -0.650. The van der Waals surface area contributed by atoms with Crippen LogP contribution in [0.5, 0.6) is 0 Å². The minimum Gasteiger partial charge on any atom is -0.354 e. The highest BCUT2D eigenvalue weighted by Gasteiger charge is 2.19. The molecule has 5 nitrogen and oxygen atoms in total. The fourth-order valence-electron chi connectivity index (χ4n) is 1.83. The second-order valence-electron chi connectivity index (χ2n) is 3.99. The van der Waals surface area contributed by atoms with Crippen molar-refractivity contribution in [2.45, 2.75) is 6.42 Å². The van der Waals surface area contributed by atoms with E-state index in [1.807, 2.05) is 0 Å². The normalized spacial score (nSPS) is 21.3. The zero-order valence-electron chi connectivity index (χ0n) is 8.95. The zero-order valence-corrected chi connectivity index (χ0v) is 10.5. The number of rotatable bonds is 3. The Morgan fingerprint density at radius 1 is 1.31 bits per heavy atom. The summed E-state index contributed by atoms with van der Waals surface area (Å²) in [6, 6.07) is 0. The average molecular weight is 262 g/mol. The number of likely N-dealkylation sites (tertiary alicyclic amines) is 1. The molecule has 0 spiro atoms. The van der Waals surface area contributed by atoms with E-state index >= 15 is 0 Å². The molecule has 2 rings (SSSR count). The lowest BCUT2D eigenvalue weighted by molar-refractivity contribution is 0.399. The summed E-state index contributed by atoms with van der Waals surface area (Å²) >= 11 is 11.3. The van der Waals surface area contributed by atoms with Gasteiger partial charge in [-0.3, -0.25) is 0 Å². The Morgan fingerprint density at radius 3 is 2.56 bits per heavy atom. The summed E-state index contributed by atoms with van der Waals surface area (Å²) in [5.41, 5.74) is 0. The first kappa shape index (κ1) is 11.8. The molecule has 7 heteroatoms. The molecule has 1 unspecified atom stereocenters. The topological polar surface area (TPSA) is 53.9 Å². The predicted octanol–water partition coefficient (Wildman–Crippen LogP) is 1.54. The molecular formula is C9H13Cl2N5. The Balaban J connectivity index is 1.89. The Bertz CT molecular complexity index is 353. The first-order valence-corrected chi connectivity index (χ1v) is 5.88. The first-order chi connectivity index (χ1) is 7.63. The molecule has 1 fully saturated rings. The van der Waals surface area contributed by atoms with Gasteiger partial charge >= 0.3 is 0 Å². The Morgan fingerprint density at radius 2 is 2.00 bits per heavy atom. The van der Waals surface area contributed by atoms with Crippen LogP contribution in [0.1, 0.15) is 6.42 Å². The Kier molecular flexibility index (Phi) is 3.78. The quantitative estimate of drug-likeness (QED) is 0.895. The van der Waals surface area contributed by atoms with Crippen molar-refractivity contribution in [2.75, 3.05) is 32.0 Å². The third-order valence-corrected chi connectivity index (χ3v) is 2.96. The van der Waals surface area contributed by atoms with Gasteiger partial charge in [-0.25, -0.2) is 0 Å². The van der Waals surface area contributed by atoms with Crippen molar-refractivity contribution < 1.29 is 0 Å². The third kappa shape index (κ3) is 3.17. The molecule has 1 aliphatic rings. The van der Waals surface area contributed by atoms with Crippen LogP contribution in [0.4, 0.5) is 5.95 Å². The summed E-state index contributed by atoms with van der Waals surface area (Å²) < 4.78 is 0. The standard InChI is InChI=1S/C9H13Cl2N5/c1-16-3-2-6(5-16)4-12-9-14-7(10)13-8(11)15-9/h6H,2-5H2,1H3,(H,12,13,14,15). The van der Waals surface area contributed by atoms with Crippen LogP contribution < -0.4 is 5.32 Å². The summed E-state index contributed by atoms with van der Waals surface area (Å²) in [4.78, 5) is 13.9. The van der Waals surface area contributed by atoms with Crippen molar-refractivity contribution in [3.63, 3.8) is 0 Å². The highest BCUT2D eigenvalue weighted by molar-refractivity contribution is 6.31. The van der Waals surface area contributed by atoms with E-state index in [1.165, 1.54) is 6.42 Å². The smallest absolute Gasteiger partial charge is 0.228 e. The van der Waals surface area contributed by atoms with Gasteiger partial charge in [0.25, 0.3) is 0 Å². The molecule has 1 N–H and O–H groups in total. The van der Waals surface area contributed by atoms with Crippen LogP contribution >= 0.6 is 23.2 Å². The van der Waals surface area contributed by atoms with Gasteiger partial charge in [0.1, 0.15) is 0 Å². The van der Waals surface area contributed by atoms with Gasteiger partial charge in [0.15, 0.2) is 0 Å². The number of aromatic nitrogens is 3. The molecule has 1 aromatic heterocycles. The van der Waals surface area contributed by atoms with Gasteiger partial charge in [0, 0.05) is 13.1 Å². The number of hydrogen-bond acceptors (Lipinski definition) is 5. The molecule has 1 aromatic rings. The fraction of sp³-hybridized carbons (Fsp3) is 0.667. The summed E-state index contributed by atoms with van der Waals surface area (Å²) in [7, 11) is 2.12. The van der Waals surface area contributed by atoms with E-state index in [9.17, 15) is 0 Å². The summed E-state index contributed by atoms with van der Waals surface area (Å²) in [5.74, 6) is 1.07. The fourth-order valence-corrected chi connectivity index (χ4v) is 2.20. The molecule has 16 heavy (non-hydrogen) atoms. The van der Waals surface area contributed by atoms with Crippen LogP contribution in [-0.2, 0) is 0 Å². The molecule has 1 aliphatic heterocycles. The lowest BCUT2D eigenvalue weighted by Gasteiger charge is -2.11. The van der Waals surface area contributed by atoms with Crippen molar-refractivity contribution >= 4 is 29.2 Å². The highest BCUT2D eigenvalue weighted by Crippen LogP contribution is 2.15. The number of nitrogens with one attached hydrogen (secondary N) is 1. The van der Waals surface area contributed by atoms with E-state index in [4.69, 9.17) is 23.2 Å². The summed E-state index contributed by atoms with van der Waals surface area (Å²) in [6.07, 6.45) is 1.19. The Labute approximate surface area is 104 Å². The summed E-state index contributed by atoms with van der Waals surface area (Å²) in [6.45, 7) is 3.08. The van der Waals surface area contributed by atoms with Gasteiger partial charge < -0.3 is 10.2 Å². The molecule has 0 saturated carbocycles. The zero-order chi connectivity index (χ0) is 11.5. The molecule has 1 atom stereocenters. The van der Waals surface area contributed by atoms with Crippen LogP contribution in [0.25, 0.3) is 0 Å². The lowest BCUT2D eigenvalue weighted by atomic mass is 10.1. The van der Waals surface area contributed by atoms with Crippen molar-refractivity contribution in [3.05, 3.63) is 10.6 Å². The van der Waals surface area contributed by atoms with Gasteiger partial charge in [-0.2, -0.15) is 15.0 Å². The van der Waals surface area contributed by atoms with E-state index < -0.39 is 0 Å².